The molecule has 0 unspecified atom stereocenters. The van der Waals surface area contributed by atoms with Gasteiger partial charge in [-0.1, -0.05) is 31.4 Å². The fourth-order valence-corrected chi connectivity index (χ4v) is 3.84. The van der Waals surface area contributed by atoms with Crippen LogP contribution in [-0.2, 0) is 4.79 Å². The van der Waals surface area contributed by atoms with Crippen LogP contribution in [0, 0.1) is 5.82 Å². The normalized spacial score (nSPS) is 20.1. The first-order valence-electron chi connectivity index (χ1n) is 9.13. The summed E-state index contributed by atoms with van der Waals surface area (Å²) in [6.07, 6.45) is 5.28. The molecule has 0 aromatic heterocycles. The highest BCUT2D eigenvalue weighted by molar-refractivity contribution is 5.94. The lowest BCUT2D eigenvalue weighted by Crippen LogP contribution is -2.56. The molecule has 1 aliphatic carbocycles. The van der Waals surface area contributed by atoms with Crippen molar-refractivity contribution in [3.8, 4) is 0 Å². The molecule has 1 aromatic carbocycles. The molecule has 2 fully saturated rings. The van der Waals surface area contributed by atoms with Crippen molar-refractivity contribution in [2.24, 2.45) is 5.73 Å². The molecule has 26 heavy (non-hydrogen) atoms. The Bertz CT molecular complexity index is 649. The van der Waals surface area contributed by atoms with E-state index in [1.165, 1.54) is 12.1 Å². The van der Waals surface area contributed by atoms with Crippen LogP contribution >= 0.6 is 12.4 Å². The molecule has 1 heterocycles. The van der Waals surface area contributed by atoms with Crippen LogP contribution in [0.25, 0.3) is 0 Å². The predicted molar refractivity (Wildman–Crippen MR) is 101 cm³/mol. The third-order valence-corrected chi connectivity index (χ3v) is 5.35. The molecule has 1 aromatic rings. The molecule has 2 amide bonds. The first kappa shape index (κ1) is 20.6. The van der Waals surface area contributed by atoms with Gasteiger partial charge >= 0.3 is 0 Å². The van der Waals surface area contributed by atoms with E-state index in [-0.39, 0.29) is 29.8 Å². The van der Waals surface area contributed by atoms with Gasteiger partial charge in [0.15, 0.2) is 0 Å². The predicted octanol–water partition coefficient (Wildman–Crippen LogP) is 2.58. The van der Waals surface area contributed by atoms with Crippen LogP contribution in [0.3, 0.4) is 0 Å². The van der Waals surface area contributed by atoms with Crippen LogP contribution in [0.4, 0.5) is 4.39 Å². The van der Waals surface area contributed by atoms with E-state index in [1.807, 2.05) is 0 Å². The Morgan fingerprint density at radius 2 is 1.54 bits per heavy atom. The number of benzene rings is 1. The summed E-state index contributed by atoms with van der Waals surface area (Å²) in [7, 11) is 0. The Kier molecular flexibility index (Phi) is 7.01. The lowest BCUT2D eigenvalue weighted by Gasteiger charge is -2.36. The number of carbonyl (C=O) groups is 2. The van der Waals surface area contributed by atoms with Crippen molar-refractivity contribution in [2.75, 3.05) is 26.2 Å². The van der Waals surface area contributed by atoms with Gasteiger partial charge in [-0.15, -0.1) is 12.4 Å². The number of carbonyl (C=O) groups excluding carboxylic acids is 2. The van der Waals surface area contributed by atoms with E-state index in [0.29, 0.717) is 32.6 Å². The Hall–Kier alpha value is -1.66. The number of nitrogens with two attached hydrogens (primary N) is 1. The second-order valence-corrected chi connectivity index (χ2v) is 7.13. The van der Waals surface area contributed by atoms with E-state index in [0.717, 1.165) is 32.1 Å². The molecule has 5 nitrogen and oxygen atoms in total. The van der Waals surface area contributed by atoms with Crippen LogP contribution in [0.5, 0.6) is 0 Å². The van der Waals surface area contributed by atoms with Crippen LogP contribution < -0.4 is 5.73 Å². The average molecular weight is 384 g/mol. The van der Waals surface area contributed by atoms with Gasteiger partial charge in [0.2, 0.25) is 5.91 Å². The number of hydrogen-bond acceptors (Lipinski definition) is 3. The molecule has 7 heteroatoms. The molecule has 2 aliphatic rings. The molecular weight excluding hydrogens is 357 g/mol. The first-order chi connectivity index (χ1) is 12.0. The Morgan fingerprint density at radius 1 is 0.923 bits per heavy atom. The minimum Gasteiger partial charge on any atom is -0.339 e. The van der Waals surface area contributed by atoms with Gasteiger partial charge in [-0.25, -0.2) is 4.39 Å². The van der Waals surface area contributed by atoms with Crippen molar-refractivity contribution >= 4 is 24.2 Å². The molecule has 2 N–H and O–H groups in total. The maximum Gasteiger partial charge on any atom is 0.256 e. The second-order valence-electron chi connectivity index (χ2n) is 7.13. The zero-order valence-electron chi connectivity index (χ0n) is 15.0. The number of amides is 2. The SMILES string of the molecule is Cl.NC1(C(=O)N2CCCN(C(=O)c3ccccc3F)CC2)CCCCC1. The number of hydrogen-bond donors (Lipinski definition) is 1. The summed E-state index contributed by atoms with van der Waals surface area (Å²) in [5.74, 6) is -0.812. The van der Waals surface area contributed by atoms with E-state index in [2.05, 4.69) is 0 Å². The van der Waals surface area contributed by atoms with Gasteiger partial charge < -0.3 is 15.5 Å². The lowest BCUT2D eigenvalue weighted by molar-refractivity contribution is -0.138. The average Bonchev–Trinajstić information content (AvgIpc) is 2.87. The highest BCUT2D eigenvalue weighted by Crippen LogP contribution is 2.28. The van der Waals surface area contributed by atoms with Crippen LogP contribution in [-0.4, -0.2) is 53.3 Å². The Morgan fingerprint density at radius 3 is 2.23 bits per heavy atom. The highest BCUT2D eigenvalue weighted by atomic mass is 35.5. The highest BCUT2D eigenvalue weighted by Gasteiger charge is 2.39. The fraction of sp³-hybridized carbons (Fsp3) is 0.579. The molecule has 0 radical (unpaired) electrons. The van der Waals surface area contributed by atoms with Gasteiger partial charge in [0.25, 0.3) is 5.91 Å². The lowest BCUT2D eigenvalue weighted by atomic mass is 9.81. The van der Waals surface area contributed by atoms with E-state index in [1.54, 1.807) is 21.9 Å². The van der Waals surface area contributed by atoms with E-state index >= 15 is 0 Å². The molecule has 3 rings (SSSR count). The molecule has 1 saturated carbocycles. The standard InChI is InChI=1S/C19H26FN3O2.ClH/c20-16-8-3-2-7-15(16)17(24)22-11-6-12-23(14-13-22)18(25)19(21)9-4-1-5-10-19;/h2-3,7-8H,1,4-6,9-14,21H2;1H. The summed E-state index contributed by atoms with van der Waals surface area (Å²) in [6.45, 7) is 1.99. The first-order valence-corrected chi connectivity index (χ1v) is 9.13. The van der Waals surface area contributed by atoms with Crippen molar-refractivity contribution in [1.82, 2.24) is 9.80 Å². The summed E-state index contributed by atoms with van der Waals surface area (Å²) in [4.78, 5) is 28.9. The van der Waals surface area contributed by atoms with Gasteiger partial charge in [-0.05, 0) is 31.4 Å². The van der Waals surface area contributed by atoms with Crippen molar-refractivity contribution < 1.29 is 14.0 Å². The molecule has 1 aliphatic heterocycles. The summed E-state index contributed by atoms with van der Waals surface area (Å²) in [6, 6.07) is 6.02. The minimum absolute atomic E-state index is 0. The summed E-state index contributed by atoms with van der Waals surface area (Å²) < 4.78 is 13.9. The van der Waals surface area contributed by atoms with E-state index in [9.17, 15) is 14.0 Å². The molecule has 0 atom stereocenters. The van der Waals surface area contributed by atoms with Crippen LogP contribution in [0.15, 0.2) is 24.3 Å². The monoisotopic (exact) mass is 383 g/mol. The van der Waals surface area contributed by atoms with Crippen LogP contribution in [0.1, 0.15) is 48.9 Å². The van der Waals surface area contributed by atoms with E-state index < -0.39 is 11.4 Å². The maximum absolute atomic E-state index is 13.9. The van der Waals surface area contributed by atoms with Crippen molar-refractivity contribution in [3.63, 3.8) is 0 Å². The molecule has 0 bridgehead atoms. The third-order valence-electron chi connectivity index (χ3n) is 5.35. The topological polar surface area (TPSA) is 66.6 Å². The molecule has 144 valence electrons. The quantitative estimate of drug-likeness (QED) is 0.853. The van der Waals surface area contributed by atoms with Gasteiger partial charge in [-0.2, -0.15) is 0 Å². The van der Waals surface area contributed by atoms with Gasteiger partial charge in [0.05, 0.1) is 11.1 Å². The minimum atomic E-state index is -0.747. The summed E-state index contributed by atoms with van der Waals surface area (Å²) >= 11 is 0. The van der Waals surface area contributed by atoms with Gasteiger partial charge in [0.1, 0.15) is 5.82 Å². The summed E-state index contributed by atoms with van der Waals surface area (Å²) in [5, 5.41) is 0. The zero-order valence-corrected chi connectivity index (χ0v) is 15.8. The summed E-state index contributed by atoms with van der Waals surface area (Å²) in [5.41, 5.74) is 5.71. The van der Waals surface area contributed by atoms with Gasteiger partial charge in [0, 0.05) is 26.2 Å². The second kappa shape index (κ2) is 8.82. The molecule has 0 spiro atoms. The Balaban J connectivity index is 0.00000243. The van der Waals surface area contributed by atoms with Crippen LogP contribution in [0.2, 0.25) is 0 Å². The number of nitrogens with zero attached hydrogens (tertiary/aromatic N) is 2. The molecule has 1 saturated heterocycles. The van der Waals surface area contributed by atoms with Crippen molar-refractivity contribution in [3.05, 3.63) is 35.6 Å². The Labute approximate surface area is 160 Å². The largest absolute Gasteiger partial charge is 0.339 e. The zero-order chi connectivity index (χ0) is 17.9. The fourth-order valence-electron chi connectivity index (χ4n) is 3.84. The van der Waals surface area contributed by atoms with Crippen molar-refractivity contribution in [1.29, 1.82) is 0 Å². The number of rotatable bonds is 2. The smallest absolute Gasteiger partial charge is 0.256 e. The molecular formula is C19H27ClFN3O2. The van der Waals surface area contributed by atoms with E-state index in [4.69, 9.17) is 5.73 Å². The van der Waals surface area contributed by atoms with Gasteiger partial charge in [-0.3, -0.25) is 9.59 Å². The third kappa shape index (κ3) is 4.35. The maximum atomic E-state index is 13.9. The number of halogens is 2. The van der Waals surface area contributed by atoms with Crippen molar-refractivity contribution in [2.45, 2.75) is 44.1 Å².